The van der Waals surface area contributed by atoms with Crippen molar-refractivity contribution < 1.29 is 4.74 Å². The van der Waals surface area contributed by atoms with Crippen LogP contribution in [-0.2, 0) is 0 Å². The minimum atomic E-state index is 0.938. The Hall–Kier alpha value is -2.02. The third-order valence-electron chi connectivity index (χ3n) is 3.20. The van der Waals surface area contributed by atoms with E-state index in [9.17, 15) is 0 Å². The Morgan fingerprint density at radius 1 is 1.05 bits per heavy atom. The molecule has 0 aromatic heterocycles. The molecule has 0 radical (unpaired) electrons. The molecule has 0 atom stereocenters. The van der Waals surface area contributed by atoms with Gasteiger partial charge in [-0.1, -0.05) is 49.4 Å². The van der Waals surface area contributed by atoms with Gasteiger partial charge < -0.3 is 4.74 Å². The van der Waals surface area contributed by atoms with E-state index in [0.29, 0.717) is 0 Å². The molecular weight excluding hydrogens is 232 g/mol. The third kappa shape index (κ3) is 3.05. The maximum Gasteiger partial charge on any atom is 0.121 e. The van der Waals surface area contributed by atoms with Crippen molar-refractivity contribution in [1.29, 1.82) is 0 Å². The molecule has 0 amide bonds. The van der Waals surface area contributed by atoms with E-state index >= 15 is 0 Å². The normalized spacial score (nSPS) is 11.4. The van der Waals surface area contributed by atoms with Crippen molar-refractivity contribution in [3.05, 3.63) is 71.3 Å². The minimum Gasteiger partial charge on any atom is -0.496 e. The number of allylic oxidation sites excluding steroid dienone is 1. The van der Waals surface area contributed by atoms with Gasteiger partial charge in [0.05, 0.1) is 7.11 Å². The van der Waals surface area contributed by atoms with Crippen molar-refractivity contribution in [2.75, 3.05) is 7.11 Å². The van der Waals surface area contributed by atoms with E-state index in [2.05, 4.69) is 56.3 Å². The van der Waals surface area contributed by atoms with Gasteiger partial charge in [0.25, 0.3) is 0 Å². The second-order valence-electron chi connectivity index (χ2n) is 4.58. The van der Waals surface area contributed by atoms with E-state index in [0.717, 1.165) is 17.7 Å². The monoisotopic (exact) mass is 252 g/mol. The number of methoxy groups -OCH3 is 1. The van der Waals surface area contributed by atoms with E-state index < -0.39 is 0 Å². The molecule has 0 aliphatic carbocycles. The molecule has 2 rings (SSSR count). The summed E-state index contributed by atoms with van der Waals surface area (Å²) in [7, 11) is 1.71. The molecule has 19 heavy (non-hydrogen) atoms. The van der Waals surface area contributed by atoms with Gasteiger partial charge in [0, 0.05) is 0 Å². The molecule has 0 aliphatic rings. The van der Waals surface area contributed by atoms with Crippen molar-refractivity contribution in [3.63, 3.8) is 0 Å². The molecule has 0 unspecified atom stereocenters. The Balaban J connectivity index is 2.46. The van der Waals surface area contributed by atoms with Crippen LogP contribution in [0.2, 0.25) is 0 Å². The highest BCUT2D eigenvalue weighted by molar-refractivity contribution is 5.80. The molecule has 0 aliphatic heterocycles. The zero-order valence-electron chi connectivity index (χ0n) is 11.8. The van der Waals surface area contributed by atoms with Crippen LogP contribution in [0.4, 0.5) is 0 Å². The summed E-state index contributed by atoms with van der Waals surface area (Å²) in [5.41, 5.74) is 4.95. The second kappa shape index (κ2) is 6.24. The lowest BCUT2D eigenvalue weighted by Crippen LogP contribution is -1.92. The fourth-order valence-electron chi connectivity index (χ4n) is 2.27. The predicted molar refractivity (Wildman–Crippen MR) is 81.5 cm³/mol. The van der Waals surface area contributed by atoms with Crippen LogP contribution in [0.25, 0.3) is 5.57 Å². The first-order valence-corrected chi connectivity index (χ1v) is 6.67. The van der Waals surface area contributed by atoms with E-state index in [1.54, 1.807) is 7.11 Å². The van der Waals surface area contributed by atoms with Crippen LogP contribution >= 0.6 is 0 Å². The molecule has 0 saturated carbocycles. The van der Waals surface area contributed by atoms with Crippen LogP contribution in [0.15, 0.2) is 54.6 Å². The predicted octanol–water partition coefficient (Wildman–Crippen LogP) is 4.85. The number of hydrogen-bond acceptors (Lipinski definition) is 1. The molecule has 0 bridgehead atoms. The van der Waals surface area contributed by atoms with Crippen LogP contribution in [0.3, 0.4) is 0 Å². The molecule has 0 heterocycles. The van der Waals surface area contributed by atoms with Crippen LogP contribution in [-0.4, -0.2) is 7.11 Å². The fourth-order valence-corrected chi connectivity index (χ4v) is 2.27. The Labute approximate surface area is 115 Å². The highest BCUT2D eigenvalue weighted by Crippen LogP contribution is 2.28. The van der Waals surface area contributed by atoms with E-state index in [-0.39, 0.29) is 0 Å². The second-order valence-corrected chi connectivity index (χ2v) is 4.58. The van der Waals surface area contributed by atoms with Crippen LogP contribution in [0.1, 0.15) is 30.0 Å². The zero-order valence-corrected chi connectivity index (χ0v) is 11.8. The van der Waals surface area contributed by atoms with Crippen molar-refractivity contribution in [2.45, 2.75) is 20.3 Å². The topological polar surface area (TPSA) is 9.23 Å². The first-order valence-electron chi connectivity index (χ1n) is 6.67. The maximum absolute atomic E-state index is 5.33. The minimum absolute atomic E-state index is 0.938. The van der Waals surface area contributed by atoms with Gasteiger partial charge in [-0.05, 0) is 47.7 Å². The fraction of sp³-hybridized carbons (Fsp3) is 0.222. The molecule has 2 aromatic rings. The van der Waals surface area contributed by atoms with E-state index in [4.69, 9.17) is 4.74 Å². The molecule has 0 fully saturated rings. The molecule has 1 nitrogen and oxygen atoms in total. The lowest BCUT2D eigenvalue weighted by atomic mass is 9.95. The largest absolute Gasteiger partial charge is 0.496 e. The molecule has 0 N–H and O–H groups in total. The Morgan fingerprint density at radius 2 is 1.79 bits per heavy atom. The Kier molecular flexibility index (Phi) is 4.40. The number of ether oxygens (including phenoxy) is 1. The Morgan fingerprint density at radius 3 is 2.37 bits per heavy atom. The van der Waals surface area contributed by atoms with Gasteiger partial charge in [-0.2, -0.15) is 0 Å². The summed E-state index contributed by atoms with van der Waals surface area (Å²) in [5.74, 6) is 0.938. The van der Waals surface area contributed by atoms with Gasteiger partial charge in [0.15, 0.2) is 0 Å². The molecule has 2 aromatic carbocycles. The molecule has 98 valence electrons. The summed E-state index contributed by atoms with van der Waals surface area (Å²) in [6.45, 7) is 4.25. The standard InChI is InChI=1S/C18H20O/c1-4-8-17(15-9-6-5-7-10-15)16-11-12-18(19-3)14(2)13-16/h5-13H,4H2,1-3H3/b17-8-. The van der Waals surface area contributed by atoms with Crippen molar-refractivity contribution in [1.82, 2.24) is 0 Å². The summed E-state index contributed by atoms with van der Waals surface area (Å²) in [5, 5.41) is 0. The van der Waals surface area contributed by atoms with E-state index in [1.165, 1.54) is 16.7 Å². The number of hydrogen-bond donors (Lipinski definition) is 0. The van der Waals surface area contributed by atoms with Gasteiger partial charge in [0.2, 0.25) is 0 Å². The van der Waals surface area contributed by atoms with Gasteiger partial charge in [-0.3, -0.25) is 0 Å². The van der Waals surface area contributed by atoms with Crippen LogP contribution in [0, 0.1) is 6.92 Å². The van der Waals surface area contributed by atoms with Gasteiger partial charge in [-0.15, -0.1) is 0 Å². The first kappa shape index (κ1) is 13.4. The third-order valence-corrected chi connectivity index (χ3v) is 3.20. The summed E-state index contributed by atoms with van der Waals surface area (Å²) >= 11 is 0. The number of aryl methyl sites for hydroxylation is 1. The molecular formula is C18H20O. The van der Waals surface area contributed by atoms with Gasteiger partial charge >= 0.3 is 0 Å². The highest BCUT2D eigenvalue weighted by Gasteiger charge is 2.06. The average Bonchev–Trinajstić information content (AvgIpc) is 2.45. The van der Waals surface area contributed by atoms with Gasteiger partial charge in [-0.25, -0.2) is 0 Å². The lowest BCUT2D eigenvalue weighted by Gasteiger charge is -2.11. The summed E-state index contributed by atoms with van der Waals surface area (Å²) < 4.78 is 5.33. The highest BCUT2D eigenvalue weighted by atomic mass is 16.5. The molecule has 0 spiro atoms. The number of rotatable bonds is 4. The SMILES string of the molecule is CC/C=C(/c1ccccc1)c1ccc(OC)c(C)c1. The zero-order chi connectivity index (χ0) is 13.7. The van der Waals surface area contributed by atoms with Gasteiger partial charge in [0.1, 0.15) is 5.75 Å². The lowest BCUT2D eigenvalue weighted by molar-refractivity contribution is 0.411. The van der Waals surface area contributed by atoms with Crippen molar-refractivity contribution in [2.24, 2.45) is 0 Å². The maximum atomic E-state index is 5.33. The smallest absolute Gasteiger partial charge is 0.121 e. The Bertz CT molecular complexity index is 567. The van der Waals surface area contributed by atoms with Crippen LogP contribution < -0.4 is 4.74 Å². The summed E-state index contributed by atoms with van der Waals surface area (Å²) in [4.78, 5) is 0. The number of benzene rings is 2. The summed E-state index contributed by atoms with van der Waals surface area (Å²) in [6, 6.07) is 16.9. The van der Waals surface area contributed by atoms with Crippen molar-refractivity contribution >= 4 is 5.57 Å². The molecule has 0 saturated heterocycles. The van der Waals surface area contributed by atoms with E-state index in [1.807, 2.05) is 12.1 Å². The van der Waals surface area contributed by atoms with Crippen molar-refractivity contribution in [3.8, 4) is 5.75 Å². The molecule has 1 heteroatoms. The first-order chi connectivity index (χ1) is 9.26. The average molecular weight is 252 g/mol. The van der Waals surface area contributed by atoms with Crippen LogP contribution in [0.5, 0.6) is 5.75 Å². The quantitative estimate of drug-likeness (QED) is 0.756. The summed E-state index contributed by atoms with van der Waals surface area (Å²) in [6.07, 6.45) is 3.30.